The van der Waals surface area contributed by atoms with Crippen molar-refractivity contribution in [3.8, 4) is 0 Å². The van der Waals surface area contributed by atoms with E-state index in [1.54, 1.807) is 0 Å². The Hall–Kier alpha value is -0.530. The zero-order valence-electron chi connectivity index (χ0n) is 8.88. The minimum absolute atomic E-state index is 0.378. The van der Waals surface area contributed by atoms with Gasteiger partial charge in [-0.3, -0.25) is 4.79 Å². The molecule has 1 aliphatic heterocycles. The minimum Gasteiger partial charge on any atom is -0.340 e. The lowest BCUT2D eigenvalue weighted by Crippen LogP contribution is -2.33. The predicted molar refractivity (Wildman–Crippen MR) is 54.6 cm³/mol. The molecule has 0 radical (unpaired) electrons. The number of nitrogens with zero attached hydrogens (tertiary/aromatic N) is 1. The van der Waals surface area contributed by atoms with Gasteiger partial charge in [0.05, 0.1) is 0 Å². The molecule has 1 saturated heterocycles. The van der Waals surface area contributed by atoms with E-state index in [4.69, 9.17) is 0 Å². The topological polar surface area (TPSA) is 20.3 Å². The lowest BCUT2D eigenvalue weighted by molar-refractivity contribution is -0.129. The van der Waals surface area contributed by atoms with E-state index in [9.17, 15) is 4.79 Å². The van der Waals surface area contributed by atoms with E-state index < -0.39 is 0 Å². The fraction of sp³-hybridized carbons (Fsp3) is 0.909. The summed E-state index contributed by atoms with van der Waals surface area (Å²) in [5.74, 6) is 0.378. The molecule has 0 aromatic rings. The Morgan fingerprint density at radius 3 is 2.77 bits per heavy atom. The summed E-state index contributed by atoms with van der Waals surface area (Å²) in [5, 5.41) is 0. The second kappa shape index (κ2) is 5.25. The number of unbranched alkanes of at least 4 members (excludes halogenated alkanes) is 1. The van der Waals surface area contributed by atoms with Crippen molar-refractivity contribution in [1.29, 1.82) is 0 Å². The molecular weight excluding hydrogens is 162 g/mol. The number of likely N-dealkylation sites (tertiary alicyclic amines) is 1. The second-order valence-corrected chi connectivity index (χ2v) is 3.92. The van der Waals surface area contributed by atoms with Crippen molar-refractivity contribution in [2.24, 2.45) is 0 Å². The largest absolute Gasteiger partial charge is 0.340 e. The van der Waals surface area contributed by atoms with Gasteiger partial charge in [-0.15, -0.1) is 0 Å². The molecular formula is C11H21NO. The Morgan fingerprint density at radius 2 is 2.15 bits per heavy atom. The van der Waals surface area contributed by atoms with E-state index in [-0.39, 0.29) is 0 Å². The number of rotatable bonds is 5. The van der Waals surface area contributed by atoms with Gasteiger partial charge in [0.2, 0.25) is 5.91 Å². The van der Waals surface area contributed by atoms with Crippen molar-refractivity contribution in [2.75, 3.05) is 6.54 Å². The molecule has 0 aliphatic carbocycles. The Kier molecular flexibility index (Phi) is 4.26. The molecule has 1 heterocycles. The van der Waals surface area contributed by atoms with Crippen molar-refractivity contribution in [3.05, 3.63) is 0 Å². The average molecular weight is 183 g/mol. The van der Waals surface area contributed by atoms with Crippen molar-refractivity contribution >= 4 is 5.91 Å². The van der Waals surface area contributed by atoms with Crippen molar-refractivity contribution in [1.82, 2.24) is 4.90 Å². The van der Waals surface area contributed by atoms with Gasteiger partial charge in [-0.25, -0.2) is 0 Å². The average Bonchev–Trinajstić information content (AvgIpc) is 2.46. The monoisotopic (exact) mass is 183 g/mol. The van der Waals surface area contributed by atoms with Crippen molar-refractivity contribution in [3.63, 3.8) is 0 Å². The van der Waals surface area contributed by atoms with Crippen LogP contribution in [0.2, 0.25) is 0 Å². The third-order valence-corrected chi connectivity index (χ3v) is 2.81. The summed E-state index contributed by atoms with van der Waals surface area (Å²) in [5.41, 5.74) is 0. The molecule has 1 fully saturated rings. The van der Waals surface area contributed by atoms with Crippen LogP contribution in [0, 0.1) is 0 Å². The van der Waals surface area contributed by atoms with Gasteiger partial charge in [-0.2, -0.15) is 0 Å². The van der Waals surface area contributed by atoms with Crippen molar-refractivity contribution < 1.29 is 4.79 Å². The highest BCUT2D eigenvalue weighted by atomic mass is 16.2. The number of carbonyl (C=O) groups excluding carboxylic acids is 1. The van der Waals surface area contributed by atoms with Crippen LogP contribution in [0.15, 0.2) is 0 Å². The SMILES string of the molecule is CCCCC1CCC(=O)N1CCC. The van der Waals surface area contributed by atoms with E-state index in [1.165, 1.54) is 19.3 Å². The molecule has 1 amide bonds. The highest BCUT2D eigenvalue weighted by Crippen LogP contribution is 2.23. The van der Waals surface area contributed by atoms with Gasteiger partial charge in [-0.1, -0.05) is 26.7 Å². The number of carbonyl (C=O) groups is 1. The number of hydrogen-bond donors (Lipinski definition) is 0. The van der Waals surface area contributed by atoms with Gasteiger partial charge < -0.3 is 4.90 Å². The summed E-state index contributed by atoms with van der Waals surface area (Å²) >= 11 is 0. The Balaban J connectivity index is 2.39. The van der Waals surface area contributed by atoms with Gasteiger partial charge in [-0.05, 0) is 19.3 Å². The quantitative estimate of drug-likeness (QED) is 0.641. The first kappa shape index (κ1) is 10.6. The summed E-state index contributed by atoms with van der Waals surface area (Å²) in [6, 6.07) is 0.562. The Labute approximate surface area is 81.3 Å². The molecule has 76 valence electrons. The van der Waals surface area contributed by atoms with Crippen LogP contribution in [0.3, 0.4) is 0 Å². The molecule has 1 rings (SSSR count). The summed E-state index contributed by atoms with van der Waals surface area (Å²) in [4.78, 5) is 13.6. The van der Waals surface area contributed by atoms with E-state index in [0.717, 1.165) is 25.8 Å². The highest BCUT2D eigenvalue weighted by molar-refractivity contribution is 5.78. The first-order chi connectivity index (χ1) is 6.29. The van der Waals surface area contributed by atoms with Crippen LogP contribution in [0.4, 0.5) is 0 Å². The Bertz CT molecular complexity index is 167. The molecule has 0 N–H and O–H groups in total. The van der Waals surface area contributed by atoms with Crippen LogP contribution in [0.25, 0.3) is 0 Å². The fourth-order valence-corrected chi connectivity index (χ4v) is 2.08. The summed E-state index contributed by atoms with van der Waals surface area (Å²) in [7, 11) is 0. The van der Waals surface area contributed by atoms with Gasteiger partial charge in [0.15, 0.2) is 0 Å². The molecule has 2 heteroatoms. The fourth-order valence-electron chi connectivity index (χ4n) is 2.08. The maximum absolute atomic E-state index is 11.5. The third-order valence-electron chi connectivity index (χ3n) is 2.81. The van der Waals surface area contributed by atoms with E-state index in [0.29, 0.717) is 11.9 Å². The lowest BCUT2D eigenvalue weighted by Gasteiger charge is -2.24. The molecule has 2 nitrogen and oxygen atoms in total. The predicted octanol–water partition coefficient (Wildman–Crippen LogP) is 2.58. The first-order valence-electron chi connectivity index (χ1n) is 5.59. The summed E-state index contributed by atoms with van der Waals surface area (Å²) in [6.45, 7) is 5.32. The molecule has 0 bridgehead atoms. The molecule has 13 heavy (non-hydrogen) atoms. The molecule has 1 aliphatic rings. The normalized spacial score (nSPS) is 22.8. The van der Waals surface area contributed by atoms with Gasteiger partial charge >= 0.3 is 0 Å². The zero-order chi connectivity index (χ0) is 9.68. The van der Waals surface area contributed by atoms with Crippen LogP contribution < -0.4 is 0 Å². The van der Waals surface area contributed by atoms with Crippen LogP contribution in [-0.2, 0) is 4.79 Å². The molecule has 1 atom stereocenters. The van der Waals surface area contributed by atoms with Gasteiger partial charge in [0.1, 0.15) is 0 Å². The second-order valence-electron chi connectivity index (χ2n) is 3.92. The third kappa shape index (κ3) is 2.71. The van der Waals surface area contributed by atoms with Gasteiger partial charge in [0.25, 0.3) is 0 Å². The Morgan fingerprint density at radius 1 is 1.38 bits per heavy atom. The van der Waals surface area contributed by atoms with Gasteiger partial charge in [0, 0.05) is 19.0 Å². The van der Waals surface area contributed by atoms with Crippen LogP contribution in [0.5, 0.6) is 0 Å². The first-order valence-corrected chi connectivity index (χ1v) is 5.59. The molecule has 1 unspecified atom stereocenters. The van der Waals surface area contributed by atoms with Crippen LogP contribution in [-0.4, -0.2) is 23.4 Å². The van der Waals surface area contributed by atoms with Crippen LogP contribution in [0.1, 0.15) is 52.4 Å². The van der Waals surface area contributed by atoms with E-state index in [2.05, 4.69) is 18.7 Å². The minimum atomic E-state index is 0.378. The molecule has 0 aromatic carbocycles. The summed E-state index contributed by atoms with van der Waals surface area (Å²) < 4.78 is 0. The highest BCUT2D eigenvalue weighted by Gasteiger charge is 2.28. The maximum atomic E-state index is 11.5. The maximum Gasteiger partial charge on any atom is 0.222 e. The number of amides is 1. The molecule has 0 aromatic heterocycles. The van der Waals surface area contributed by atoms with Crippen molar-refractivity contribution in [2.45, 2.75) is 58.4 Å². The zero-order valence-corrected chi connectivity index (χ0v) is 8.88. The lowest BCUT2D eigenvalue weighted by atomic mass is 10.1. The van der Waals surface area contributed by atoms with E-state index in [1.807, 2.05) is 0 Å². The van der Waals surface area contributed by atoms with Crippen LogP contribution >= 0.6 is 0 Å². The van der Waals surface area contributed by atoms with E-state index >= 15 is 0 Å². The smallest absolute Gasteiger partial charge is 0.222 e. The number of hydrogen-bond acceptors (Lipinski definition) is 1. The standard InChI is InChI=1S/C11H21NO/c1-3-5-6-10-7-8-11(13)12(10)9-4-2/h10H,3-9H2,1-2H3. The molecule has 0 spiro atoms. The molecule has 0 saturated carbocycles. The summed E-state index contributed by atoms with van der Waals surface area (Å²) in [6.07, 6.45) is 6.69.